The third-order valence-corrected chi connectivity index (χ3v) is 9.83. The van der Waals surface area contributed by atoms with Gasteiger partial charge >= 0.3 is 5.97 Å². The van der Waals surface area contributed by atoms with Gasteiger partial charge < -0.3 is 28.8 Å². The van der Waals surface area contributed by atoms with Gasteiger partial charge in [0.15, 0.2) is 6.73 Å². The van der Waals surface area contributed by atoms with Gasteiger partial charge in [0.25, 0.3) is 5.91 Å². The van der Waals surface area contributed by atoms with E-state index in [1.54, 1.807) is 42.9 Å². The van der Waals surface area contributed by atoms with Crippen molar-refractivity contribution in [3.8, 4) is 28.0 Å². The van der Waals surface area contributed by atoms with E-state index in [9.17, 15) is 14.7 Å². The average Bonchev–Trinajstić information content (AvgIpc) is 3.63. The predicted molar refractivity (Wildman–Crippen MR) is 175 cm³/mol. The summed E-state index contributed by atoms with van der Waals surface area (Å²) in [6.45, 7) is 1.04. The number of benzene rings is 3. The molecule has 8 rings (SSSR count). The number of hydrogen-bond acceptors (Lipinski definition) is 6. The zero-order chi connectivity index (χ0) is 32.4. The highest BCUT2D eigenvalue weighted by Crippen LogP contribution is 2.43. The molecule has 1 amide bonds. The lowest BCUT2D eigenvalue weighted by Gasteiger charge is -2.37. The Morgan fingerprint density at radius 1 is 0.957 bits per heavy atom. The second kappa shape index (κ2) is 11.6. The van der Waals surface area contributed by atoms with Crippen molar-refractivity contribution in [1.82, 2.24) is 14.3 Å². The summed E-state index contributed by atoms with van der Waals surface area (Å²) in [7, 11) is 0. The van der Waals surface area contributed by atoms with Gasteiger partial charge in [-0.3, -0.25) is 4.79 Å². The van der Waals surface area contributed by atoms with Crippen molar-refractivity contribution in [2.24, 2.45) is 0 Å². The van der Waals surface area contributed by atoms with Crippen LogP contribution in [0.15, 0.2) is 73.3 Å². The summed E-state index contributed by atoms with van der Waals surface area (Å²) in [5, 5.41) is 10.4. The van der Waals surface area contributed by atoms with Crippen molar-refractivity contribution in [2.75, 3.05) is 24.8 Å². The molecule has 0 radical (unpaired) electrons. The second-order valence-electron chi connectivity index (χ2n) is 12.0. The number of para-hydroxylation sites is 1. The summed E-state index contributed by atoms with van der Waals surface area (Å²) in [6, 6.07) is 15.3. The van der Waals surface area contributed by atoms with Crippen LogP contribution in [0.3, 0.4) is 0 Å². The molecule has 2 bridgehead atoms. The van der Waals surface area contributed by atoms with Crippen LogP contribution in [0.1, 0.15) is 39.1 Å². The number of aromatic nitrogens is 2. The molecule has 0 aliphatic carbocycles. The standard InChI is InChI=1S/C35H27Cl2FN4O5/c36-28-9-21(19-6-7-40-17-39-13-24(40)8-19)10-29(37)32(28)34(43)41-14-20-2-1-3-25(33(20)47-18-41)26-12-31(27(35(44)45)11-30(26)38)42-22-4-5-23(42)16-46-15-22/h1-3,6-13,17,22-23H,4-5,14-16,18H2,(H,44,45). The molecular formula is C35H27Cl2FN4O5. The molecule has 2 fully saturated rings. The van der Waals surface area contributed by atoms with E-state index in [0.717, 1.165) is 35.6 Å². The number of carbonyl (C=O) groups is 2. The largest absolute Gasteiger partial charge is 0.478 e. The highest BCUT2D eigenvalue weighted by atomic mass is 35.5. The SMILES string of the molecule is O=C(O)c1cc(F)c(-c2cccc3c2OCN(C(=O)c2c(Cl)cc(-c4ccn5cncc5c4)cc2Cl)C3)cc1N1C2CCC1COC2. The fourth-order valence-electron chi connectivity index (χ4n) is 6.99. The summed E-state index contributed by atoms with van der Waals surface area (Å²) < 4.78 is 29.4. The molecule has 2 atom stereocenters. The van der Waals surface area contributed by atoms with E-state index in [2.05, 4.69) is 9.88 Å². The van der Waals surface area contributed by atoms with Gasteiger partial charge in [-0.1, -0.05) is 41.4 Å². The number of amides is 1. The van der Waals surface area contributed by atoms with Gasteiger partial charge in [-0.05, 0) is 60.4 Å². The molecule has 47 heavy (non-hydrogen) atoms. The van der Waals surface area contributed by atoms with Crippen LogP contribution in [-0.2, 0) is 11.3 Å². The van der Waals surface area contributed by atoms with Gasteiger partial charge in [0, 0.05) is 22.9 Å². The van der Waals surface area contributed by atoms with E-state index in [1.807, 2.05) is 28.8 Å². The first-order valence-electron chi connectivity index (χ1n) is 15.1. The summed E-state index contributed by atoms with van der Waals surface area (Å²) in [5.41, 5.74) is 4.43. The van der Waals surface area contributed by atoms with Crippen molar-refractivity contribution >= 4 is 46.3 Å². The first-order valence-corrected chi connectivity index (χ1v) is 15.9. The molecule has 3 aromatic carbocycles. The number of fused-ring (bicyclic) bond motifs is 4. The minimum atomic E-state index is -1.19. The molecule has 3 aliphatic heterocycles. The minimum Gasteiger partial charge on any atom is -0.478 e. The van der Waals surface area contributed by atoms with Gasteiger partial charge in [-0.25, -0.2) is 14.2 Å². The number of carbonyl (C=O) groups excluding carboxylic acids is 1. The molecule has 9 nitrogen and oxygen atoms in total. The third kappa shape index (κ3) is 5.08. The quantitative estimate of drug-likeness (QED) is 0.211. The number of anilines is 1. The van der Waals surface area contributed by atoms with E-state index in [1.165, 1.54) is 4.90 Å². The summed E-state index contributed by atoms with van der Waals surface area (Å²) in [4.78, 5) is 33.7. The van der Waals surface area contributed by atoms with Crippen LogP contribution in [0.5, 0.6) is 5.75 Å². The normalized spacial score (nSPS) is 18.7. The van der Waals surface area contributed by atoms with Crippen molar-refractivity contribution in [3.05, 3.63) is 106 Å². The molecule has 1 N–H and O–H groups in total. The number of nitrogens with zero attached hydrogens (tertiary/aromatic N) is 4. The molecule has 5 aromatic rings. The predicted octanol–water partition coefficient (Wildman–Crippen LogP) is 7.17. The van der Waals surface area contributed by atoms with E-state index in [4.69, 9.17) is 32.7 Å². The van der Waals surface area contributed by atoms with Crippen LogP contribution < -0.4 is 9.64 Å². The number of carboxylic acids is 1. The summed E-state index contributed by atoms with van der Waals surface area (Å²) in [5.74, 6) is -1.84. The number of rotatable bonds is 5. The van der Waals surface area contributed by atoms with E-state index in [-0.39, 0.29) is 52.1 Å². The Bertz CT molecular complexity index is 2060. The zero-order valence-corrected chi connectivity index (χ0v) is 26.3. The lowest BCUT2D eigenvalue weighted by atomic mass is 9.96. The van der Waals surface area contributed by atoms with Crippen molar-refractivity contribution in [1.29, 1.82) is 0 Å². The Balaban J connectivity index is 1.10. The third-order valence-electron chi connectivity index (χ3n) is 9.24. The number of ether oxygens (including phenoxy) is 2. The Morgan fingerprint density at radius 3 is 2.47 bits per heavy atom. The Hall–Kier alpha value is -4.64. The Kier molecular flexibility index (Phi) is 7.31. The van der Waals surface area contributed by atoms with E-state index < -0.39 is 17.7 Å². The fourth-order valence-corrected chi connectivity index (χ4v) is 7.64. The van der Waals surface area contributed by atoms with Crippen molar-refractivity contribution in [3.63, 3.8) is 0 Å². The summed E-state index contributed by atoms with van der Waals surface area (Å²) in [6.07, 6.45) is 7.09. The number of imidazole rings is 1. The zero-order valence-electron chi connectivity index (χ0n) is 24.8. The molecule has 2 saturated heterocycles. The van der Waals surface area contributed by atoms with Crippen LogP contribution in [0.4, 0.5) is 10.1 Å². The fraction of sp³-hybridized carbons (Fsp3) is 0.229. The molecule has 3 aliphatic rings. The number of aromatic carboxylic acids is 1. The van der Waals surface area contributed by atoms with Gasteiger partial charge in [-0.2, -0.15) is 0 Å². The van der Waals surface area contributed by atoms with E-state index >= 15 is 4.39 Å². The number of morpholine rings is 1. The molecule has 5 heterocycles. The second-order valence-corrected chi connectivity index (χ2v) is 12.8. The molecule has 238 valence electrons. The molecular weight excluding hydrogens is 646 g/mol. The van der Waals surface area contributed by atoms with Crippen LogP contribution >= 0.6 is 23.2 Å². The number of carboxylic acid groups (broad SMARTS) is 1. The molecule has 0 spiro atoms. The average molecular weight is 674 g/mol. The maximum Gasteiger partial charge on any atom is 0.337 e. The first kappa shape index (κ1) is 29.7. The number of hydrogen-bond donors (Lipinski definition) is 1. The van der Waals surface area contributed by atoms with Crippen molar-refractivity contribution < 1.29 is 28.6 Å². The summed E-state index contributed by atoms with van der Waals surface area (Å²) >= 11 is 13.3. The smallest absolute Gasteiger partial charge is 0.337 e. The molecule has 12 heteroatoms. The van der Waals surface area contributed by atoms with Crippen LogP contribution in [0, 0.1) is 5.82 Å². The van der Waals surface area contributed by atoms with E-state index in [0.29, 0.717) is 35.8 Å². The number of pyridine rings is 1. The monoisotopic (exact) mass is 672 g/mol. The van der Waals surface area contributed by atoms with Crippen LogP contribution in [0.25, 0.3) is 27.8 Å². The lowest BCUT2D eigenvalue weighted by molar-refractivity contribution is 0.0516. The van der Waals surface area contributed by atoms with Gasteiger partial charge in [0.2, 0.25) is 0 Å². The van der Waals surface area contributed by atoms with Gasteiger partial charge in [0.1, 0.15) is 11.6 Å². The highest BCUT2D eigenvalue weighted by molar-refractivity contribution is 6.40. The van der Waals surface area contributed by atoms with Crippen LogP contribution in [0.2, 0.25) is 10.0 Å². The maximum atomic E-state index is 15.7. The highest BCUT2D eigenvalue weighted by Gasteiger charge is 2.40. The minimum absolute atomic E-state index is 0.0268. The van der Waals surface area contributed by atoms with Crippen LogP contribution in [-0.4, -0.2) is 63.3 Å². The maximum absolute atomic E-state index is 15.7. The van der Waals surface area contributed by atoms with Gasteiger partial charge in [0.05, 0.1) is 76.7 Å². The number of halogens is 3. The Morgan fingerprint density at radius 2 is 1.72 bits per heavy atom. The van der Waals surface area contributed by atoms with Crippen molar-refractivity contribution in [2.45, 2.75) is 31.5 Å². The van der Waals surface area contributed by atoms with Gasteiger partial charge in [-0.15, -0.1) is 0 Å². The molecule has 2 unspecified atom stereocenters. The lowest BCUT2D eigenvalue weighted by Crippen LogP contribution is -2.46. The topological polar surface area (TPSA) is 96.6 Å². The first-order chi connectivity index (χ1) is 22.8. The molecule has 2 aromatic heterocycles. The Labute approximate surface area is 278 Å². The molecule has 0 saturated carbocycles.